The van der Waals surface area contributed by atoms with Gasteiger partial charge in [0, 0.05) is 68.1 Å². The molecule has 88 heavy (non-hydrogen) atoms. The molecule has 19 rings (SSSR count). The van der Waals surface area contributed by atoms with Crippen LogP contribution in [0.25, 0.3) is 0 Å². The Morgan fingerprint density at radius 2 is 0.830 bits per heavy atom. The number of benzene rings is 6. The third kappa shape index (κ3) is 12.8. The van der Waals surface area contributed by atoms with Gasteiger partial charge in [0.1, 0.15) is 6.61 Å². The largest absolute Gasteiger partial charge is 0.460 e. The highest BCUT2D eigenvalue weighted by atomic mass is 16.5. The maximum Gasteiger partial charge on any atom is 0.338 e. The SMILES string of the molecule is Cc1cc2cc(C)c1NC(=O)c1cc(cc(C(=O)OCCNC(=O)Nc3nccc(=O)[nH]3)c1)C(=O)Nc1c(C)cc(cc1C)C1(CCCCC1)c1cc(C)c(c(C)c1)NC(=O)c1cc(cc(C(C)(C)C)c1)C(=O)Nc1c(C)cc(cc1C)C21CCCCC1. The summed E-state index contributed by atoms with van der Waals surface area (Å²) < 4.78 is 5.61. The summed E-state index contributed by atoms with van der Waals surface area (Å²) >= 11 is 0. The molecule has 10 aliphatic heterocycles. The Hall–Kier alpha value is -9.18. The number of carbonyl (C=O) groups excluding carboxylic acids is 6. The van der Waals surface area contributed by atoms with Gasteiger partial charge in [-0.2, -0.15) is 0 Å². The maximum absolute atomic E-state index is 14.8. The predicted molar refractivity (Wildman–Crippen MR) is 347 cm³/mol. The maximum atomic E-state index is 14.8. The molecule has 7 N–H and O–H groups in total. The monoisotopic (exact) mass is 1180 g/mol. The zero-order chi connectivity index (χ0) is 63.0. The molecule has 0 unspecified atom stereocenters. The molecule has 0 atom stereocenters. The molecule has 2 fully saturated rings. The number of carbonyl (C=O) groups is 6. The van der Waals surface area contributed by atoms with E-state index in [1.54, 1.807) is 6.07 Å². The van der Waals surface area contributed by atoms with E-state index in [9.17, 15) is 33.6 Å². The minimum Gasteiger partial charge on any atom is -0.460 e. The third-order valence-corrected chi connectivity index (χ3v) is 18.2. The molecule has 16 nitrogen and oxygen atoms in total. The van der Waals surface area contributed by atoms with Crippen LogP contribution in [0.15, 0.2) is 102 Å². The molecular weight excluding hydrogens is 1100 g/mol. The van der Waals surface area contributed by atoms with Crippen molar-refractivity contribution < 1.29 is 33.5 Å². The minimum absolute atomic E-state index is 0.0405. The smallest absolute Gasteiger partial charge is 0.338 e. The van der Waals surface area contributed by atoms with Crippen LogP contribution < -0.4 is 37.5 Å². The fourth-order valence-corrected chi connectivity index (χ4v) is 13.6. The number of esters is 1. The molecule has 2 spiro atoms. The summed E-state index contributed by atoms with van der Waals surface area (Å²) in [4.78, 5) is 103. The molecule has 12 aliphatic rings. The molecule has 12 bridgehead atoms. The molecule has 6 amide bonds. The van der Waals surface area contributed by atoms with Gasteiger partial charge in [0.15, 0.2) is 0 Å². The number of urea groups is 1. The fraction of sp³-hybridized carbons (Fsp3) is 0.361. The second-order valence-corrected chi connectivity index (χ2v) is 25.7. The number of rotatable bonds is 5. The molecule has 0 saturated heterocycles. The Morgan fingerprint density at radius 3 is 1.16 bits per heavy atom. The summed E-state index contributed by atoms with van der Waals surface area (Å²) in [6, 6.07) is 27.6. The van der Waals surface area contributed by atoms with Crippen molar-refractivity contribution in [2.45, 2.75) is 157 Å². The van der Waals surface area contributed by atoms with Crippen LogP contribution in [0.5, 0.6) is 0 Å². The van der Waals surface area contributed by atoms with Crippen LogP contribution in [0.3, 0.4) is 0 Å². The van der Waals surface area contributed by atoms with Crippen molar-refractivity contribution >= 4 is 64.3 Å². The molecule has 0 radical (unpaired) electrons. The molecule has 2 saturated carbocycles. The van der Waals surface area contributed by atoms with Crippen molar-refractivity contribution in [3.63, 3.8) is 0 Å². The lowest BCUT2D eigenvalue weighted by molar-refractivity contribution is 0.0510. The first-order chi connectivity index (χ1) is 41.8. The molecule has 7 aromatic rings. The quantitative estimate of drug-likeness (QED) is 0.0641. The van der Waals surface area contributed by atoms with E-state index >= 15 is 0 Å². The fourth-order valence-electron chi connectivity index (χ4n) is 13.6. The van der Waals surface area contributed by atoms with Crippen molar-refractivity contribution in [1.29, 1.82) is 0 Å². The van der Waals surface area contributed by atoms with Crippen molar-refractivity contribution in [2.24, 2.45) is 0 Å². The molecular formula is C72H80N8O8. The first kappa shape index (κ1) is 61.9. The van der Waals surface area contributed by atoms with E-state index in [1.807, 2.05) is 67.5 Å². The topological polar surface area (TPSA) is 230 Å². The van der Waals surface area contributed by atoms with E-state index in [0.29, 0.717) is 33.9 Å². The number of nitrogens with zero attached hydrogens (tertiary/aromatic N) is 1. The number of hydrogen-bond acceptors (Lipinski definition) is 9. The van der Waals surface area contributed by atoms with Gasteiger partial charge in [-0.15, -0.1) is 0 Å². The first-order valence-electron chi connectivity index (χ1n) is 30.6. The Labute approximate surface area is 514 Å². The lowest BCUT2D eigenvalue weighted by Crippen LogP contribution is -2.33. The summed E-state index contributed by atoms with van der Waals surface area (Å²) in [6.07, 6.45) is 11.1. The summed E-state index contributed by atoms with van der Waals surface area (Å²) in [5.74, 6) is -2.62. The third-order valence-electron chi connectivity index (χ3n) is 18.2. The normalized spacial score (nSPS) is 15.9. The summed E-state index contributed by atoms with van der Waals surface area (Å²) in [5, 5.41) is 17.8. The lowest BCUT2D eigenvalue weighted by atomic mass is 9.64. The van der Waals surface area contributed by atoms with Gasteiger partial charge in [0.2, 0.25) is 5.95 Å². The van der Waals surface area contributed by atoms with E-state index < -0.39 is 29.4 Å². The Bertz CT molecular complexity index is 3750. The van der Waals surface area contributed by atoms with Crippen LogP contribution >= 0.6 is 0 Å². The van der Waals surface area contributed by atoms with Crippen LogP contribution in [-0.2, 0) is 21.0 Å². The summed E-state index contributed by atoms with van der Waals surface area (Å²) in [5.41, 5.74) is 14.1. The number of amides is 6. The Morgan fingerprint density at radius 1 is 0.489 bits per heavy atom. The second kappa shape index (κ2) is 24.9. The highest BCUT2D eigenvalue weighted by molar-refractivity contribution is 6.12. The van der Waals surface area contributed by atoms with E-state index in [1.165, 1.54) is 30.5 Å². The zero-order valence-corrected chi connectivity index (χ0v) is 52.4. The number of anilines is 5. The Balaban J connectivity index is 1.06. The number of hydrogen-bond donors (Lipinski definition) is 7. The number of ether oxygens (including phenoxy) is 1. The van der Waals surface area contributed by atoms with Gasteiger partial charge in [-0.3, -0.25) is 34.3 Å². The van der Waals surface area contributed by atoms with Gasteiger partial charge in [0.25, 0.3) is 29.2 Å². The van der Waals surface area contributed by atoms with Crippen LogP contribution in [0.2, 0.25) is 0 Å². The second-order valence-electron chi connectivity index (χ2n) is 25.7. The lowest BCUT2D eigenvalue weighted by Gasteiger charge is -2.40. The van der Waals surface area contributed by atoms with Gasteiger partial charge < -0.3 is 31.3 Å². The van der Waals surface area contributed by atoms with Gasteiger partial charge in [0.05, 0.1) is 12.1 Å². The molecule has 1 aromatic heterocycles. The molecule has 16 heteroatoms. The van der Waals surface area contributed by atoms with E-state index in [4.69, 9.17) is 4.74 Å². The number of nitrogens with one attached hydrogen (secondary N) is 7. The van der Waals surface area contributed by atoms with Crippen molar-refractivity contribution in [1.82, 2.24) is 15.3 Å². The highest BCUT2D eigenvalue weighted by Gasteiger charge is 2.39. The number of aromatic nitrogens is 2. The highest BCUT2D eigenvalue weighted by Crippen LogP contribution is 2.49. The van der Waals surface area contributed by atoms with E-state index in [0.717, 1.165) is 137 Å². The van der Waals surface area contributed by atoms with Crippen LogP contribution in [0.1, 0.15) is 209 Å². The number of H-pyrrole nitrogens is 1. The van der Waals surface area contributed by atoms with Crippen molar-refractivity contribution in [3.05, 3.63) is 208 Å². The molecule has 11 heterocycles. The van der Waals surface area contributed by atoms with Gasteiger partial charge in [-0.25, -0.2) is 14.6 Å². The van der Waals surface area contributed by atoms with Crippen LogP contribution in [0.4, 0.5) is 33.5 Å². The Kier molecular flexibility index (Phi) is 17.5. The van der Waals surface area contributed by atoms with Gasteiger partial charge in [-0.05, 0) is 195 Å². The zero-order valence-electron chi connectivity index (χ0n) is 52.4. The van der Waals surface area contributed by atoms with Crippen molar-refractivity contribution in [2.75, 3.05) is 39.7 Å². The first-order valence-corrected chi connectivity index (χ1v) is 30.6. The average molecular weight is 1190 g/mol. The molecule has 6 aromatic carbocycles. The predicted octanol–water partition coefficient (Wildman–Crippen LogP) is 14.3. The molecule has 456 valence electrons. The summed E-state index contributed by atoms with van der Waals surface area (Å²) in [6.45, 7) is 21.8. The van der Waals surface area contributed by atoms with E-state index in [2.05, 4.69) is 111 Å². The van der Waals surface area contributed by atoms with E-state index in [-0.39, 0.29) is 63.8 Å². The van der Waals surface area contributed by atoms with Gasteiger partial charge in [-0.1, -0.05) is 108 Å². The standard InChI is InChI=1S/C72H80N8O8/c1-40-26-54-27-41(2)59(40)76-63(82)48-34-49(37-52(36-48)67(86)88-25-24-74-69(87)80-68-73-23-18-58(81)75-68)64(83)77-60-42(3)28-55(29-43(60)4)72(21-16-13-17-22-72)57-32-46(7)62(47(8)33-57)79-66(85)51-35-50(38-53(39-51)70(9,10)11)65(84)78-61-44(5)30-56(31-45(61)6)71(54)19-14-12-15-20-71/h18,23,26-39H,12-17,19-22,24-25H2,1-11H3,(H,76,82)(H,77,83)(H,78,84)(H,79,85)(H3,73,74,75,80,81,87). The summed E-state index contributed by atoms with van der Waals surface area (Å²) in [7, 11) is 0. The number of aryl methyl sites for hydroxylation is 8. The van der Waals surface area contributed by atoms with Crippen LogP contribution in [-0.4, -0.2) is 58.7 Å². The van der Waals surface area contributed by atoms with Crippen molar-refractivity contribution in [3.8, 4) is 0 Å². The van der Waals surface area contributed by atoms with Crippen LogP contribution in [0, 0.1) is 55.4 Å². The average Bonchev–Trinajstić information content (AvgIpc) is 0.839. The molecule has 2 aliphatic carbocycles. The van der Waals surface area contributed by atoms with Gasteiger partial charge >= 0.3 is 12.0 Å². The minimum atomic E-state index is -0.835. The number of aromatic amines is 1.